The second-order valence-corrected chi connectivity index (χ2v) is 26.9. The number of ether oxygens (including phenoxy) is 2. The lowest BCUT2D eigenvalue weighted by atomic mass is 9.43. The molecule has 1 heterocycles. The van der Waals surface area contributed by atoms with E-state index in [2.05, 4.69) is 125 Å². The average molecular weight is 854 g/mol. The van der Waals surface area contributed by atoms with Crippen LogP contribution < -0.4 is 9.47 Å². The van der Waals surface area contributed by atoms with E-state index in [4.69, 9.17) is 9.47 Å². The maximum atomic E-state index is 6.95. The summed E-state index contributed by atoms with van der Waals surface area (Å²) in [6, 6.07) is 29.2. The topological polar surface area (TPSA) is 21.7 Å². The van der Waals surface area contributed by atoms with Crippen molar-refractivity contribution in [3.63, 3.8) is 0 Å². The molecule has 20 rings (SSSR count). The first-order valence-corrected chi connectivity index (χ1v) is 27.5. The molecule has 0 bridgehead atoms. The summed E-state index contributed by atoms with van der Waals surface area (Å²) in [5.41, 5.74) is 14.7. The Labute approximate surface area is 384 Å². The highest BCUT2D eigenvalue weighted by Crippen LogP contribution is 2.92. The first-order valence-electron chi connectivity index (χ1n) is 27.5. The Morgan fingerprint density at radius 3 is 1.89 bits per heavy atom. The van der Waals surface area contributed by atoms with Crippen LogP contribution in [0.2, 0.25) is 0 Å². The SMILES string of the molecule is CN1CC2C3=C4C5=C6C7C(C=C8CC9CC%10CC%11CC%12CC(C3)C3C4C4C5C5C7C8C7C9C%10C8C%11C(C%123)C4C8C57)CC62C1c1ccc(OCc2ccccc2)c(OCc2ccccc2)c1. The van der Waals surface area contributed by atoms with Gasteiger partial charge in [-0.25, -0.2) is 0 Å². The van der Waals surface area contributed by atoms with E-state index >= 15 is 0 Å². The van der Waals surface area contributed by atoms with Gasteiger partial charge in [0.05, 0.1) is 0 Å². The van der Waals surface area contributed by atoms with Crippen LogP contribution >= 0.6 is 0 Å². The lowest BCUT2D eigenvalue weighted by Gasteiger charge is -2.60. The Bertz CT molecular complexity index is 2820. The van der Waals surface area contributed by atoms with Crippen LogP contribution in [0.25, 0.3) is 0 Å². The number of benzene rings is 3. The molecule has 0 radical (unpaired) electrons. The van der Waals surface area contributed by atoms with Crippen LogP contribution in [0.3, 0.4) is 0 Å². The van der Waals surface area contributed by atoms with E-state index in [1.54, 1.807) is 25.7 Å². The van der Waals surface area contributed by atoms with Gasteiger partial charge in [-0.2, -0.15) is 0 Å². The van der Waals surface area contributed by atoms with Crippen LogP contribution in [-0.2, 0) is 13.2 Å². The first-order chi connectivity index (χ1) is 32.1. The predicted octanol–water partition coefficient (Wildman–Crippen LogP) is 11.7. The van der Waals surface area contributed by atoms with Gasteiger partial charge in [0.1, 0.15) is 13.2 Å². The first kappa shape index (κ1) is 34.7. The summed E-state index contributed by atoms with van der Waals surface area (Å²) in [6.07, 6.45) is 14.1. The lowest BCUT2D eigenvalue weighted by Crippen LogP contribution is -2.57. The van der Waals surface area contributed by atoms with Crippen molar-refractivity contribution in [2.45, 2.75) is 64.2 Å². The quantitative estimate of drug-likeness (QED) is 0.221. The highest BCUT2D eigenvalue weighted by Gasteiger charge is 2.87. The van der Waals surface area contributed by atoms with Gasteiger partial charge in [-0.1, -0.05) is 89.5 Å². The minimum Gasteiger partial charge on any atom is -0.485 e. The second kappa shape index (κ2) is 11.0. The molecule has 3 nitrogen and oxygen atoms in total. The molecule has 3 aromatic carbocycles. The number of fused-ring (bicyclic) bond motifs is 1. The van der Waals surface area contributed by atoms with E-state index in [-0.39, 0.29) is 5.41 Å². The Kier molecular flexibility index (Phi) is 5.86. The standard InChI is InChI=1S/C62H63NO2/c1-63-23-37-36-20-34-18-31-16-32-15-29-14-30-17-33-19-35-22-62(37,61(63)28-12-13-38(64-24-26-8-4-2-5-9-26)39(21-28)65-25-27-10-6-3-7-11-27)60-46(35)51-45(33)50-41(30)40(29)48-44(32)49-42(31)43(34)52-47(36)59(60)58-56(51)54(50)53(48)55(49)57(52)58/h2-13,19,21,29-32,34-35,37,40-46,48-58,61H,14-18,20,22-25H2,1H3. The molecule has 0 aromatic heterocycles. The summed E-state index contributed by atoms with van der Waals surface area (Å²) >= 11 is 0. The molecule has 3 heteroatoms. The molecule has 328 valence electrons. The summed E-state index contributed by atoms with van der Waals surface area (Å²) in [6.45, 7) is 2.35. The fourth-order valence-corrected chi connectivity index (χ4v) is 26.7. The van der Waals surface area contributed by atoms with Crippen molar-refractivity contribution < 1.29 is 9.47 Å². The Balaban J connectivity index is 0.813. The molecule has 65 heavy (non-hydrogen) atoms. The minimum atomic E-state index is 0.191. The van der Waals surface area contributed by atoms with Gasteiger partial charge in [-0.05, 0) is 234 Å². The van der Waals surface area contributed by atoms with Gasteiger partial charge in [-0.3, -0.25) is 4.90 Å². The third-order valence-electron chi connectivity index (χ3n) is 26.2. The van der Waals surface area contributed by atoms with Crippen molar-refractivity contribution in [3.8, 4) is 11.5 Å². The molecule has 0 N–H and O–H groups in total. The number of rotatable bonds is 7. The molecule has 1 saturated heterocycles. The zero-order chi connectivity index (χ0) is 41.2. The maximum Gasteiger partial charge on any atom is 0.162 e. The van der Waals surface area contributed by atoms with Crippen molar-refractivity contribution >= 4 is 0 Å². The number of nitrogens with zero attached hydrogens (tertiary/aromatic N) is 1. The molecule has 1 spiro atoms. The van der Waals surface area contributed by atoms with Crippen molar-refractivity contribution in [1.29, 1.82) is 0 Å². The molecule has 3 aromatic rings. The van der Waals surface area contributed by atoms with Gasteiger partial charge < -0.3 is 9.47 Å². The second-order valence-electron chi connectivity index (χ2n) is 26.9. The molecule has 0 amide bonds. The number of hydrogen-bond donors (Lipinski definition) is 0. The number of allylic oxidation sites excluding steroid dienone is 4. The monoisotopic (exact) mass is 853 g/mol. The van der Waals surface area contributed by atoms with Crippen molar-refractivity contribution in [3.05, 3.63) is 129 Å². The predicted molar refractivity (Wildman–Crippen MR) is 247 cm³/mol. The highest BCUT2D eigenvalue weighted by atomic mass is 16.5. The zero-order valence-corrected chi connectivity index (χ0v) is 37.9. The molecule has 27 unspecified atom stereocenters. The fourth-order valence-electron chi connectivity index (χ4n) is 26.7. The van der Waals surface area contributed by atoms with Crippen LogP contribution in [-0.4, -0.2) is 18.5 Å². The van der Waals surface area contributed by atoms with E-state index < -0.39 is 0 Å². The van der Waals surface area contributed by atoms with E-state index in [9.17, 15) is 0 Å². The van der Waals surface area contributed by atoms with Gasteiger partial charge in [-0.15, -0.1) is 0 Å². The van der Waals surface area contributed by atoms with Gasteiger partial charge in [0.2, 0.25) is 0 Å². The minimum absolute atomic E-state index is 0.191. The summed E-state index contributed by atoms with van der Waals surface area (Å²) in [5, 5.41) is 0. The largest absolute Gasteiger partial charge is 0.485 e. The summed E-state index contributed by atoms with van der Waals surface area (Å²) in [4.78, 5) is 2.92. The number of likely N-dealkylation sites (tertiary alicyclic amines) is 1. The summed E-state index contributed by atoms with van der Waals surface area (Å²) in [5.74, 6) is 27.1. The van der Waals surface area contributed by atoms with Crippen LogP contribution in [0.15, 0.2) is 113 Å². The normalized spacial score (nSPS) is 56.6. The molecule has 12 saturated carbocycles. The molecule has 16 aliphatic carbocycles. The van der Waals surface area contributed by atoms with Crippen LogP contribution in [0.1, 0.15) is 67.7 Å². The molecule has 13 fully saturated rings. The maximum absolute atomic E-state index is 6.95. The van der Waals surface area contributed by atoms with Gasteiger partial charge in [0.15, 0.2) is 11.5 Å². The zero-order valence-electron chi connectivity index (χ0n) is 37.9. The lowest BCUT2D eigenvalue weighted by molar-refractivity contribution is -0.129. The van der Waals surface area contributed by atoms with Crippen LogP contribution in [0.5, 0.6) is 11.5 Å². The van der Waals surface area contributed by atoms with Gasteiger partial charge in [0, 0.05) is 23.9 Å². The molecular formula is C62H63NO2. The number of hydrogen-bond acceptors (Lipinski definition) is 3. The molecule has 17 aliphatic rings. The van der Waals surface area contributed by atoms with Crippen molar-refractivity contribution in [2.24, 2.45) is 153 Å². The Morgan fingerprint density at radius 1 is 0.538 bits per heavy atom. The fraction of sp³-hybridized carbons (Fsp3) is 0.613. The summed E-state index contributed by atoms with van der Waals surface area (Å²) in [7, 11) is 2.56. The third-order valence-corrected chi connectivity index (χ3v) is 26.2. The van der Waals surface area contributed by atoms with E-state index in [0.29, 0.717) is 25.2 Å². The van der Waals surface area contributed by atoms with Gasteiger partial charge in [0.25, 0.3) is 0 Å². The third kappa shape index (κ3) is 3.51. The Hall–Kier alpha value is -3.56. The highest BCUT2D eigenvalue weighted by molar-refractivity contribution is 5.65. The smallest absolute Gasteiger partial charge is 0.162 e. The van der Waals surface area contributed by atoms with E-state index in [1.165, 1.54) is 42.5 Å². The van der Waals surface area contributed by atoms with Crippen LogP contribution in [0.4, 0.5) is 0 Å². The van der Waals surface area contributed by atoms with Crippen molar-refractivity contribution in [2.75, 3.05) is 13.6 Å². The average Bonchev–Trinajstić information content (AvgIpc) is 4.19. The van der Waals surface area contributed by atoms with E-state index in [0.717, 1.165) is 154 Å². The molecule has 1 aliphatic heterocycles. The van der Waals surface area contributed by atoms with Crippen LogP contribution in [0, 0.1) is 153 Å². The van der Waals surface area contributed by atoms with Gasteiger partial charge >= 0.3 is 0 Å². The summed E-state index contributed by atoms with van der Waals surface area (Å²) < 4.78 is 13.7. The van der Waals surface area contributed by atoms with Crippen molar-refractivity contribution in [1.82, 2.24) is 4.90 Å². The molecule has 27 atom stereocenters. The van der Waals surface area contributed by atoms with E-state index in [1.807, 2.05) is 0 Å². The Morgan fingerprint density at radius 2 is 1.12 bits per heavy atom. The molecular weight excluding hydrogens is 791 g/mol.